The summed E-state index contributed by atoms with van der Waals surface area (Å²) in [5, 5.41) is 9.24. The van der Waals surface area contributed by atoms with Gasteiger partial charge in [0.1, 0.15) is 5.75 Å². The van der Waals surface area contributed by atoms with Gasteiger partial charge >= 0.3 is 5.97 Å². The first-order valence-electron chi connectivity index (χ1n) is 4.72. The largest absolute Gasteiger partial charge is 0.477 e. The fraction of sp³-hybridized carbons (Fsp3) is 0.364. The van der Waals surface area contributed by atoms with Gasteiger partial charge in [-0.3, -0.25) is 0 Å². The van der Waals surface area contributed by atoms with Crippen LogP contribution in [0, 0.1) is 0 Å². The van der Waals surface area contributed by atoms with E-state index in [0.29, 0.717) is 16.3 Å². The van der Waals surface area contributed by atoms with Crippen LogP contribution in [0.4, 0.5) is 0 Å². The van der Waals surface area contributed by atoms with Gasteiger partial charge in [-0.1, -0.05) is 17.7 Å². The number of methoxy groups -OCH3 is 1. The molecule has 1 aromatic rings. The zero-order valence-electron chi connectivity index (χ0n) is 9.07. The quantitative estimate of drug-likeness (QED) is 0.821. The standard InChI is InChI=1S/C11H13ClO4/c1-7(11(14)15-2)16-10-4-3-8(6-13)5-9(10)12/h3-5,7,13H,6H2,1-2H3. The average Bonchev–Trinajstić information content (AvgIpc) is 2.30. The Bertz CT molecular complexity index is 378. The number of ether oxygens (including phenoxy) is 2. The number of carbonyl (C=O) groups is 1. The van der Waals surface area contributed by atoms with Gasteiger partial charge in [0.05, 0.1) is 18.7 Å². The van der Waals surface area contributed by atoms with E-state index in [0.717, 1.165) is 0 Å². The third-order valence-corrected chi connectivity index (χ3v) is 2.31. The Morgan fingerprint density at radius 1 is 1.56 bits per heavy atom. The number of hydrogen-bond donors (Lipinski definition) is 1. The molecule has 1 unspecified atom stereocenters. The number of hydrogen-bond acceptors (Lipinski definition) is 4. The van der Waals surface area contributed by atoms with Crippen LogP contribution in [0.3, 0.4) is 0 Å². The SMILES string of the molecule is COC(=O)C(C)Oc1ccc(CO)cc1Cl. The van der Waals surface area contributed by atoms with Crippen LogP contribution in [0.1, 0.15) is 12.5 Å². The van der Waals surface area contributed by atoms with Crippen LogP contribution in [-0.4, -0.2) is 24.3 Å². The molecule has 0 saturated carbocycles. The van der Waals surface area contributed by atoms with E-state index in [4.69, 9.17) is 21.4 Å². The van der Waals surface area contributed by atoms with Gasteiger partial charge in [0, 0.05) is 0 Å². The number of rotatable bonds is 4. The summed E-state index contributed by atoms with van der Waals surface area (Å²) in [4.78, 5) is 11.1. The van der Waals surface area contributed by atoms with Gasteiger partial charge in [0.15, 0.2) is 6.10 Å². The molecule has 5 heteroatoms. The highest BCUT2D eigenvalue weighted by atomic mass is 35.5. The molecule has 0 saturated heterocycles. The normalized spacial score (nSPS) is 12.0. The maximum atomic E-state index is 11.1. The molecule has 0 amide bonds. The summed E-state index contributed by atoms with van der Waals surface area (Å²) >= 11 is 5.91. The predicted octanol–water partition coefficient (Wildman–Crippen LogP) is 1.77. The lowest BCUT2D eigenvalue weighted by atomic mass is 10.2. The Labute approximate surface area is 98.7 Å². The van der Waals surface area contributed by atoms with Crippen molar-refractivity contribution in [1.29, 1.82) is 0 Å². The summed E-state index contributed by atoms with van der Waals surface area (Å²) < 4.78 is 9.83. The van der Waals surface area contributed by atoms with Crippen molar-refractivity contribution in [3.8, 4) is 5.75 Å². The molecule has 16 heavy (non-hydrogen) atoms. The van der Waals surface area contributed by atoms with E-state index in [9.17, 15) is 4.79 Å². The highest BCUT2D eigenvalue weighted by Crippen LogP contribution is 2.26. The molecule has 88 valence electrons. The Hall–Kier alpha value is -1.26. The molecule has 0 heterocycles. The summed E-state index contributed by atoms with van der Waals surface area (Å²) in [5.41, 5.74) is 0.683. The maximum absolute atomic E-state index is 11.1. The van der Waals surface area contributed by atoms with Crippen LogP contribution >= 0.6 is 11.6 Å². The van der Waals surface area contributed by atoms with Gasteiger partial charge in [-0.15, -0.1) is 0 Å². The molecule has 0 aliphatic heterocycles. The molecule has 0 aromatic heterocycles. The van der Waals surface area contributed by atoms with E-state index in [1.807, 2.05) is 0 Å². The molecule has 1 aromatic carbocycles. The molecular formula is C11H13ClO4. The summed E-state index contributed by atoms with van der Waals surface area (Å²) in [6, 6.07) is 4.86. The van der Waals surface area contributed by atoms with Gasteiger partial charge in [0.2, 0.25) is 0 Å². The molecule has 0 aliphatic carbocycles. The first-order valence-corrected chi connectivity index (χ1v) is 5.10. The van der Waals surface area contributed by atoms with Crippen LogP contribution in [0.25, 0.3) is 0 Å². The lowest BCUT2D eigenvalue weighted by molar-refractivity contribution is -0.147. The summed E-state index contributed by atoms with van der Waals surface area (Å²) in [6.45, 7) is 1.48. The molecule has 0 aliphatic rings. The summed E-state index contributed by atoms with van der Waals surface area (Å²) in [6.07, 6.45) is -0.720. The fourth-order valence-corrected chi connectivity index (χ4v) is 1.39. The molecule has 0 bridgehead atoms. The molecule has 1 atom stereocenters. The average molecular weight is 245 g/mol. The maximum Gasteiger partial charge on any atom is 0.346 e. The van der Waals surface area contributed by atoms with Crippen molar-refractivity contribution in [2.45, 2.75) is 19.6 Å². The topological polar surface area (TPSA) is 55.8 Å². The highest BCUT2D eigenvalue weighted by Gasteiger charge is 2.16. The van der Waals surface area contributed by atoms with Gasteiger partial charge in [-0.2, -0.15) is 0 Å². The summed E-state index contributed by atoms with van der Waals surface area (Å²) in [5.74, 6) is -0.0842. The number of benzene rings is 1. The lowest BCUT2D eigenvalue weighted by Gasteiger charge is -2.13. The van der Waals surface area contributed by atoms with Gasteiger partial charge in [-0.05, 0) is 24.6 Å². The van der Waals surface area contributed by atoms with Crippen LogP contribution in [0.2, 0.25) is 5.02 Å². The van der Waals surface area contributed by atoms with Crippen LogP contribution in [0.15, 0.2) is 18.2 Å². The zero-order valence-corrected chi connectivity index (χ0v) is 9.82. The first-order chi connectivity index (χ1) is 7.58. The van der Waals surface area contributed by atoms with Crippen LogP contribution < -0.4 is 4.74 Å². The molecule has 1 N–H and O–H groups in total. The van der Waals surface area contributed by atoms with E-state index in [2.05, 4.69) is 4.74 Å². The number of halogens is 1. The van der Waals surface area contributed by atoms with Crippen LogP contribution in [-0.2, 0) is 16.1 Å². The second-order valence-electron chi connectivity index (χ2n) is 3.21. The number of esters is 1. The zero-order chi connectivity index (χ0) is 12.1. The number of aliphatic hydroxyl groups excluding tert-OH is 1. The second-order valence-corrected chi connectivity index (χ2v) is 3.61. The van der Waals surface area contributed by atoms with Crippen molar-refractivity contribution in [1.82, 2.24) is 0 Å². The molecule has 0 fully saturated rings. The molecule has 0 spiro atoms. The number of aliphatic hydroxyl groups is 1. The van der Waals surface area contributed by atoms with Crippen LogP contribution in [0.5, 0.6) is 5.75 Å². The minimum absolute atomic E-state index is 0.0907. The van der Waals surface area contributed by atoms with Crippen molar-refractivity contribution >= 4 is 17.6 Å². The Morgan fingerprint density at radius 2 is 2.25 bits per heavy atom. The van der Waals surface area contributed by atoms with E-state index in [1.165, 1.54) is 7.11 Å². The van der Waals surface area contributed by atoms with Gasteiger partial charge < -0.3 is 14.6 Å². The predicted molar refractivity (Wildman–Crippen MR) is 59.5 cm³/mol. The Kier molecular flexibility index (Phi) is 4.58. The molecule has 1 rings (SSSR count). The molecular weight excluding hydrogens is 232 g/mol. The molecule has 0 radical (unpaired) electrons. The highest BCUT2D eigenvalue weighted by molar-refractivity contribution is 6.32. The third kappa shape index (κ3) is 3.12. The first kappa shape index (κ1) is 12.8. The van der Waals surface area contributed by atoms with E-state index < -0.39 is 12.1 Å². The third-order valence-electron chi connectivity index (χ3n) is 2.02. The summed E-state index contributed by atoms with van der Waals surface area (Å²) in [7, 11) is 1.29. The molecule has 4 nitrogen and oxygen atoms in total. The van der Waals surface area contributed by atoms with Crippen molar-refractivity contribution in [2.75, 3.05) is 7.11 Å². The monoisotopic (exact) mass is 244 g/mol. The van der Waals surface area contributed by atoms with Crippen molar-refractivity contribution in [3.05, 3.63) is 28.8 Å². The Morgan fingerprint density at radius 3 is 2.75 bits per heavy atom. The van der Waals surface area contributed by atoms with E-state index in [-0.39, 0.29) is 6.61 Å². The lowest BCUT2D eigenvalue weighted by Crippen LogP contribution is -2.25. The van der Waals surface area contributed by atoms with E-state index >= 15 is 0 Å². The fourth-order valence-electron chi connectivity index (χ4n) is 1.14. The minimum atomic E-state index is -0.720. The Balaban J connectivity index is 2.78. The second kappa shape index (κ2) is 5.72. The van der Waals surface area contributed by atoms with Crippen molar-refractivity contribution in [2.24, 2.45) is 0 Å². The van der Waals surface area contributed by atoms with Crippen molar-refractivity contribution < 1.29 is 19.4 Å². The number of carbonyl (C=O) groups excluding carboxylic acids is 1. The van der Waals surface area contributed by atoms with E-state index in [1.54, 1.807) is 25.1 Å². The van der Waals surface area contributed by atoms with Gasteiger partial charge in [-0.25, -0.2) is 4.79 Å². The smallest absolute Gasteiger partial charge is 0.346 e. The van der Waals surface area contributed by atoms with Crippen molar-refractivity contribution in [3.63, 3.8) is 0 Å². The minimum Gasteiger partial charge on any atom is -0.477 e. The van der Waals surface area contributed by atoms with Gasteiger partial charge in [0.25, 0.3) is 0 Å².